The number of hydrogen-bond acceptors (Lipinski definition) is 4. The van der Waals surface area contributed by atoms with Crippen LogP contribution in [0.4, 0.5) is 0 Å². The Bertz CT molecular complexity index is 874. The molecule has 0 aliphatic carbocycles. The summed E-state index contributed by atoms with van der Waals surface area (Å²) in [6.07, 6.45) is 1.42. The zero-order chi connectivity index (χ0) is 21.0. The van der Waals surface area contributed by atoms with Gasteiger partial charge in [0, 0.05) is 16.6 Å². The summed E-state index contributed by atoms with van der Waals surface area (Å²) in [5, 5.41) is 10.8. The third-order valence-corrected chi connectivity index (χ3v) is 5.61. The molecule has 0 radical (unpaired) electrons. The van der Waals surface area contributed by atoms with Crippen LogP contribution in [0.25, 0.3) is 0 Å². The van der Waals surface area contributed by atoms with Crippen LogP contribution >= 0.6 is 23.2 Å². The van der Waals surface area contributed by atoms with Crippen LogP contribution in [0.1, 0.15) is 43.9 Å². The highest BCUT2D eigenvalue weighted by molar-refractivity contribution is 6.35. The van der Waals surface area contributed by atoms with Gasteiger partial charge in [0.05, 0.1) is 19.3 Å². The Labute approximate surface area is 181 Å². The first-order valence-corrected chi connectivity index (χ1v) is 10.5. The Morgan fingerprint density at radius 3 is 2.52 bits per heavy atom. The topological polar surface area (TPSA) is 59.0 Å². The molecule has 1 N–H and O–H groups in total. The second kappa shape index (κ2) is 9.70. The highest BCUT2D eigenvalue weighted by Gasteiger charge is 2.37. The molecule has 0 bridgehead atoms. The summed E-state index contributed by atoms with van der Waals surface area (Å²) >= 11 is 12.6. The molecular formula is C22H25Cl2NO4. The lowest BCUT2D eigenvalue weighted by Crippen LogP contribution is -2.39. The normalized spacial score (nSPS) is 17.9. The van der Waals surface area contributed by atoms with E-state index in [2.05, 4.69) is 0 Å². The maximum absolute atomic E-state index is 11.9. The maximum Gasteiger partial charge on any atom is 0.320 e. The van der Waals surface area contributed by atoms with Gasteiger partial charge < -0.3 is 14.6 Å². The molecule has 7 heteroatoms. The number of rotatable bonds is 8. The summed E-state index contributed by atoms with van der Waals surface area (Å²) in [5.74, 6) is 0.469. The van der Waals surface area contributed by atoms with E-state index in [4.69, 9.17) is 32.7 Å². The van der Waals surface area contributed by atoms with E-state index in [1.165, 1.54) is 0 Å². The van der Waals surface area contributed by atoms with Crippen LogP contribution in [0.3, 0.4) is 0 Å². The number of halogens is 2. The SMILES string of the molecule is CCOc1ccc(C(c2ccc(Cl)cc2Cl)N2CCCC2C(=O)O)cc1OCC. The van der Waals surface area contributed by atoms with Gasteiger partial charge in [0.2, 0.25) is 0 Å². The minimum Gasteiger partial charge on any atom is -0.490 e. The second-order valence-electron chi connectivity index (χ2n) is 6.87. The van der Waals surface area contributed by atoms with Gasteiger partial charge in [0.25, 0.3) is 0 Å². The van der Waals surface area contributed by atoms with Crippen molar-refractivity contribution in [1.29, 1.82) is 0 Å². The molecule has 1 aliphatic heterocycles. The average Bonchev–Trinajstić information content (AvgIpc) is 3.16. The summed E-state index contributed by atoms with van der Waals surface area (Å²) in [7, 11) is 0. The quantitative estimate of drug-likeness (QED) is 0.596. The molecule has 3 rings (SSSR count). The van der Waals surface area contributed by atoms with Crippen molar-refractivity contribution in [3.8, 4) is 11.5 Å². The molecule has 0 aromatic heterocycles. The van der Waals surface area contributed by atoms with Gasteiger partial charge in [0.1, 0.15) is 6.04 Å². The van der Waals surface area contributed by atoms with E-state index in [-0.39, 0.29) is 6.04 Å². The van der Waals surface area contributed by atoms with E-state index in [1.807, 2.05) is 43.0 Å². The number of carboxylic acids is 1. The predicted molar refractivity (Wildman–Crippen MR) is 114 cm³/mol. The number of carboxylic acid groups (broad SMARTS) is 1. The lowest BCUT2D eigenvalue weighted by Gasteiger charge is -2.33. The molecule has 2 atom stereocenters. The van der Waals surface area contributed by atoms with Gasteiger partial charge in [-0.2, -0.15) is 0 Å². The largest absolute Gasteiger partial charge is 0.490 e. The monoisotopic (exact) mass is 437 g/mol. The fraction of sp³-hybridized carbons (Fsp3) is 0.409. The lowest BCUT2D eigenvalue weighted by molar-refractivity contribution is -0.142. The highest BCUT2D eigenvalue weighted by Crippen LogP contribution is 2.41. The number of aliphatic carboxylic acids is 1. The standard InChI is InChI=1S/C22H25Cl2NO4/c1-3-28-19-10-7-14(12-20(19)29-4-2)21(16-9-8-15(23)13-17(16)24)25-11-5-6-18(25)22(26)27/h7-10,12-13,18,21H,3-6,11H2,1-2H3,(H,26,27). The fourth-order valence-electron chi connectivity index (χ4n) is 3.87. The van der Waals surface area contributed by atoms with Gasteiger partial charge in [-0.05, 0) is 62.1 Å². The predicted octanol–water partition coefficient (Wildman–Crippen LogP) is 5.43. The zero-order valence-electron chi connectivity index (χ0n) is 16.5. The number of carbonyl (C=O) groups is 1. The first-order chi connectivity index (χ1) is 14.0. The van der Waals surface area contributed by atoms with Crippen molar-refractivity contribution in [3.63, 3.8) is 0 Å². The molecule has 0 amide bonds. The molecule has 2 aromatic rings. The fourth-order valence-corrected chi connectivity index (χ4v) is 4.39. The smallest absolute Gasteiger partial charge is 0.320 e. The van der Waals surface area contributed by atoms with Crippen LogP contribution in [0, 0.1) is 0 Å². The Morgan fingerprint density at radius 2 is 1.86 bits per heavy atom. The number of benzene rings is 2. The molecule has 1 aliphatic rings. The average molecular weight is 438 g/mol. The molecule has 1 heterocycles. The van der Waals surface area contributed by atoms with Crippen molar-refractivity contribution in [2.75, 3.05) is 19.8 Å². The third kappa shape index (κ3) is 4.80. The van der Waals surface area contributed by atoms with Crippen molar-refractivity contribution in [2.45, 2.75) is 38.8 Å². The van der Waals surface area contributed by atoms with Gasteiger partial charge in [-0.1, -0.05) is 35.3 Å². The molecule has 156 valence electrons. The Hall–Kier alpha value is -1.95. The van der Waals surface area contributed by atoms with Crippen LogP contribution in [-0.4, -0.2) is 41.8 Å². The Kier molecular flexibility index (Phi) is 7.28. The van der Waals surface area contributed by atoms with Crippen LogP contribution in [-0.2, 0) is 4.79 Å². The van der Waals surface area contributed by atoms with Gasteiger partial charge in [0.15, 0.2) is 11.5 Å². The molecule has 0 spiro atoms. The van der Waals surface area contributed by atoms with Gasteiger partial charge in [-0.15, -0.1) is 0 Å². The first kappa shape index (κ1) is 21.8. The number of nitrogens with zero attached hydrogens (tertiary/aromatic N) is 1. The van der Waals surface area contributed by atoms with Crippen molar-refractivity contribution in [2.24, 2.45) is 0 Å². The molecule has 2 unspecified atom stereocenters. The maximum atomic E-state index is 11.9. The van der Waals surface area contributed by atoms with Gasteiger partial charge >= 0.3 is 5.97 Å². The van der Waals surface area contributed by atoms with E-state index < -0.39 is 12.0 Å². The van der Waals surface area contributed by atoms with E-state index in [9.17, 15) is 9.90 Å². The van der Waals surface area contributed by atoms with Crippen LogP contribution in [0.5, 0.6) is 11.5 Å². The third-order valence-electron chi connectivity index (χ3n) is 5.05. The number of hydrogen-bond donors (Lipinski definition) is 1. The summed E-state index contributed by atoms with van der Waals surface area (Å²) in [4.78, 5) is 13.9. The summed E-state index contributed by atoms with van der Waals surface area (Å²) in [6.45, 7) is 5.52. The van der Waals surface area contributed by atoms with Crippen molar-refractivity contribution >= 4 is 29.2 Å². The minimum absolute atomic E-state index is 0.335. The molecule has 29 heavy (non-hydrogen) atoms. The van der Waals surface area contributed by atoms with E-state index in [0.717, 1.165) is 17.5 Å². The number of likely N-dealkylation sites (tertiary alicyclic amines) is 1. The van der Waals surface area contributed by atoms with Crippen LogP contribution in [0.2, 0.25) is 10.0 Å². The summed E-state index contributed by atoms with van der Waals surface area (Å²) in [6, 6.07) is 10.2. The van der Waals surface area contributed by atoms with Gasteiger partial charge in [-0.3, -0.25) is 9.69 Å². The van der Waals surface area contributed by atoms with Crippen molar-refractivity contribution in [1.82, 2.24) is 4.90 Å². The van der Waals surface area contributed by atoms with E-state index in [1.54, 1.807) is 12.1 Å². The highest BCUT2D eigenvalue weighted by atomic mass is 35.5. The lowest BCUT2D eigenvalue weighted by atomic mass is 9.95. The first-order valence-electron chi connectivity index (χ1n) is 9.79. The molecule has 0 saturated carbocycles. The molecular weight excluding hydrogens is 413 g/mol. The Morgan fingerprint density at radius 1 is 1.14 bits per heavy atom. The molecule has 1 fully saturated rings. The molecule has 5 nitrogen and oxygen atoms in total. The van der Waals surface area contributed by atoms with Gasteiger partial charge in [-0.25, -0.2) is 0 Å². The van der Waals surface area contributed by atoms with E-state index in [0.29, 0.717) is 47.7 Å². The van der Waals surface area contributed by atoms with Crippen LogP contribution in [0.15, 0.2) is 36.4 Å². The zero-order valence-corrected chi connectivity index (χ0v) is 18.0. The van der Waals surface area contributed by atoms with Crippen molar-refractivity contribution < 1.29 is 19.4 Å². The second-order valence-corrected chi connectivity index (χ2v) is 7.72. The minimum atomic E-state index is -0.825. The Balaban J connectivity index is 2.12. The van der Waals surface area contributed by atoms with Crippen molar-refractivity contribution in [3.05, 3.63) is 57.6 Å². The summed E-state index contributed by atoms with van der Waals surface area (Å²) in [5.41, 5.74) is 1.71. The number of ether oxygens (including phenoxy) is 2. The molecule has 1 saturated heterocycles. The van der Waals surface area contributed by atoms with Crippen LogP contribution < -0.4 is 9.47 Å². The molecule has 2 aromatic carbocycles. The summed E-state index contributed by atoms with van der Waals surface area (Å²) < 4.78 is 11.5. The van der Waals surface area contributed by atoms with E-state index >= 15 is 0 Å².